The molecule has 0 saturated heterocycles. The van der Waals surface area contributed by atoms with Crippen molar-refractivity contribution in [1.82, 2.24) is 5.43 Å². The van der Waals surface area contributed by atoms with Gasteiger partial charge in [-0.15, -0.1) is 0 Å². The molecule has 10 nitrogen and oxygen atoms in total. The Labute approximate surface area is 148 Å². The fourth-order valence-corrected chi connectivity index (χ4v) is 2.85. The molecule has 2 amide bonds. The lowest BCUT2D eigenvalue weighted by Crippen LogP contribution is -2.24. The van der Waals surface area contributed by atoms with Gasteiger partial charge in [0, 0.05) is 11.6 Å². The van der Waals surface area contributed by atoms with Crippen LogP contribution in [0.1, 0.15) is 11.1 Å². The van der Waals surface area contributed by atoms with Gasteiger partial charge in [-0.25, -0.2) is 10.2 Å². The monoisotopic (exact) mass is 378 g/mol. The molecule has 3 N–H and O–H groups in total. The average molecular weight is 378 g/mol. The van der Waals surface area contributed by atoms with Crippen LogP contribution in [0.3, 0.4) is 0 Å². The Morgan fingerprint density at radius 1 is 1.27 bits per heavy atom. The van der Waals surface area contributed by atoms with Gasteiger partial charge in [0.05, 0.1) is 11.1 Å². The lowest BCUT2D eigenvalue weighted by atomic mass is 10.2. The zero-order chi connectivity index (χ0) is 19.3. The molecule has 2 aromatic carbocycles. The minimum atomic E-state index is -4.24. The largest absolute Gasteiger partial charge is 0.379 e. The quantitative estimate of drug-likeness (QED) is 0.337. The second-order valence-corrected chi connectivity index (χ2v) is 6.59. The van der Waals surface area contributed by atoms with Gasteiger partial charge in [0.1, 0.15) is 10.6 Å². The topological polar surface area (TPSA) is 154 Å². The molecule has 0 aliphatic heterocycles. The second kappa shape index (κ2) is 7.61. The Balaban J connectivity index is 2.19. The Morgan fingerprint density at radius 2 is 1.92 bits per heavy atom. The van der Waals surface area contributed by atoms with Gasteiger partial charge in [0.2, 0.25) is 0 Å². The molecule has 0 aliphatic rings. The zero-order valence-electron chi connectivity index (χ0n) is 13.4. The van der Waals surface area contributed by atoms with Crippen molar-refractivity contribution >= 4 is 28.1 Å². The third kappa shape index (κ3) is 4.77. The van der Waals surface area contributed by atoms with Crippen LogP contribution in [0.15, 0.2) is 52.5 Å². The summed E-state index contributed by atoms with van der Waals surface area (Å²) in [6.07, 6.45) is 1.30. The number of benzene rings is 2. The first-order chi connectivity index (χ1) is 12.2. The first kappa shape index (κ1) is 18.9. The number of nitrogens with two attached hydrogens (primary N) is 1. The van der Waals surface area contributed by atoms with E-state index in [9.17, 15) is 23.3 Å². The number of nitrogens with zero attached hydrogens (tertiary/aromatic N) is 2. The number of hydrogen-bond donors (Lipinski definition) is 2. The van der Waals surface area contributed by atoms with E-state index in [1.165, 1.54) is 49.5 Å². The highest BCUT2D eigenvalue weighted by Crippen LogP contribution is 2.25. The summed E-state index contributed by atoms with van der Waals surface area (Å²) >= 11 is 0. The highest BCUT2D eigenvalue weighted by molar-refractivity contribution is 7.87. The van der Waals surface area contributed by atoms with Crippen LogP contribution in [0.5, 0.6) is 5.75 Å². The summed E-state index contributed by atoms with van der Waals surface area (Å²) in [5.74, 6) is 0.00763. The van der Waals surface area contributed by atoms with Crippen LogP contribution in [0.2, 0.25) is 0 Å². The fourth-order valence-electron chi connectivity index (χ4n) is 1.90. The Bertz CT molecular complexity index is 970. The maximum Gasteiger partial charge on any atom is 0.339 e. The minimum absolute atomic E-state index is 0.00763. The number of carbonyl (C=O) groups is 1. The number of primary amides is 1. The van der Waals surface area contributed by atoms with E-state index in [4.69, 9.17) is 9.92 Å². The van der Waals surface area contributed by atoms with E-state index in [-0.39, 0.29) is 16.3 Å². The van der Waals surface area contributed by atoms with Crippen LogP contribution >= 0.6 is 0 Å². The SMILES string of the molecule is Cc1ccc(S(=O)(=O)Oc2ccc(C=NNC(N)=O)cc2)cc1[N+](=O)[O-]. The molecule has 0 saturated carbocycles. The molecule has 26 heavy (non-hydrogen) atoms. The lowest BCUT2D eigenvalue weighted by molar-refractivity contribution is -0.385. The maximum atomic E-state index is 12.3. The number of hydrazone groups is 1. The van der Waals surface area contributed by atoms with E-state index in [1.54, 1.807) is 0 Å². The predicted molar refractivity (Wildman–Crippen MR) is 92.4 cm³/mol. The van der Waals surface area contributed by atoms with Crippen LogP contribution in [-0.2, 0) is 10.1 Å². The van der Waals surface area contributed by atoms with E-state index < -0.39 is 21.1 Å². The highest BCUT2D eigenvalue weighted by atomic mass is 32.2. The van der Waals surface area contributed by atoms with Crippen LogP contribution in [0.25, 0.3) is 0 Å². The zero-order valence-corrected chi connectivity index (χ0v) is 14.3. The summed E-state index contributed by atoms with van der Waals surface area (Å²) in [5, 5.41) is 14.5. The normalized spacial score (nSPS) is 11.3. The summed E-state index contributed by atoms with van der Waals surface area (Å²) < 4.78 is 29.5. The summed E-state index contributed by atoms with van der Waals surface area (Å²) in [6.45, 7) is 1.50. The Hall–Kier alpha value is -3.47. The molecule has 0 fully saturated rings. The van der Waals surface area contributed by atoms with Crippen molar-refractivity contribution in [1.29, 1.82) is 0 Å². The van der Waals surface area contributed by atoms with Gasteiger partial charge in [-0.05, 0) is 42.8 Å². The number of urea groups is 1. The number of amides is 2. The van der Waals surface area contributed by atoms with Crippen molar-refractivity contribution in [2.45, 2.75) is 11.8 Å². The van der Waals surface area contributed by atoms with E-state index in [0.29, 0.717) is 11.1 Å². The van der Waals surface area contributed by atoms with Crippen LogP contribution < -0.4 is 15.3 Å². The van der Waals surface area contributed by atoms with Crippen LogP contribution in [0, 0.1) is 17.0 Å². The number of nitrogens with one attached hydrogen (secondary N) is 1. The number of aryl methyl sites for hydroxylation is 1. The molecule has 2 aromatic rings. The number of rotatable bonds is 6. The predicted octanol–water partition coefficient (Wildman–Crippen LogP) is 1.67. The standard InChI is InChI=1S/C15H14N4O6S/c1-10-2-7-13(8-14(10)19(21)22)26(23,24)25-12-5-3-11(4-6-12)9-17-18-15(16)20/h2-9H,1H3,(H3,16,18,20). The molecule has 0 unspecified atom stereocenters. The van der Waals surface area contributed by atoms with E-state index in [2.05, 4.69) is 5.10 Å². The summed E-state index contributed by atoms with van der Waals surface area (Å²) in [7, 11) is -4.24. The summed E-state index contributed by atoms with van der Waals surface area (Å²) in [6, 6.07) is 8.41. The van der Waals surface area contributed by atoms with Gasteiger partial charge >= 0.3 is 16.1 Å². The molecule has 0 aliphatic carbocycles. The molecule has 11 heteroatoms. The first-order valence-corrected chi connectivity index (χ1v) is 8.48. The molecule has 0 heterocycles. The number of carbonyl (C=O) groups excluding carboxylic acids is 1. The molecule has 0 spiro atoms. The van der Waals surface area contributed by atoms with Crippen molar-refractivity contribution in [3.05, 3.63) is 63.7 Å². The number of nitro benzene ring substituents is 1. The number of nitro groups is 1. The molecule has 0 radical (unpaired) electrons. The molecule has 2 rings (SSSR count). The third-order valence-electron chi connectivity index (χ3n) is 3.14. The van der Waals surface area contributed by atoms with Gasteiger partial charge in [0.15, 0.2) is 0 Å². The first-order valence-electron chi connectivity index (χ1n) is 7.07. The van der Waals surface area contributed by atoms with Gasteiger partial charge in [-0.3, -0.25) is 10.1 Å². The second-order valence-electron chi connectivity index (χ2n) is 5.05. The van der Waals surface area contributed by atoms with Gasteiger partial charge in [-0.2, -0.15) is 13.5 Å². The molecule has 136 valence electrons. The summed E-state index contributed by atoms with van der Waals surface area (Å²) in [4.78, 5) is 20.4. The van der Waals surface area contributed by atoms with Crippen molar-refractivity contribution in [3.63, 3.8) is 0 Å². The molecule has 0 atom stereocenters. The Kier molecular flexibility index (Phi) is 5.52. The van der Waals surface area contributed by atoms with Crippen molar-refractivity contribution in [3.8, 4) is 5.75 Å². The highest BCUT2D eigenvalue weighted by Gasteiger charge is 2.21. The fraction of sp³-hybridized carbons (Fsp3) is 0.0667. The van der Waals surface area contributed by atoms with Crippen molar-refractivity contribution < 1.29 is 22.3 Å². The smallest absolute Gasteiger partial charge is 0.339 e. The summed E-state index contributed by atoms with van der Waals surface area (Å²) in [5.41, 5.74) is 7.43. The molecular weight excluding hydrogens is 364 g/mol. The van der Waals surface area contributed by atoms with Crippen LogP contribution in [-0.4, -0.2) is 25.6 Å². The average Bonchev–Trinajstić information content (AvgIpc) is 2.56. The molecule has 0 aromatic heterocycles. The van der Waals surface area contributed by atoms with Crippen molar-refractivity contribution in [2.24, 2.45) is 10.8 Å². The van der Waals surface area contributed by atoms with Crippen molar-refractivity contribution in [2.75, 3.05) is 0 Å². The number of hydrogen-bond acceptors (Lipinski definition) is 7. The van der Waals surface area contributed by atoms with E-state index in [1.807, 2.05) is 5.43 Å². The van der Waals surface area contributed by atoms with E-state index >= 15 is 0 Å². The van der Waals surface area contributed by atoms with Gasteiger partial charge < -0.3 is 9.92 Å². The third-order valence-corrected chi connectivity index (χ3v) is 4.38. The Morgan fingerprint density at radius 3 is 2.50 bits per heavy atom. The lowest BCUT2D eigenvalue weighted by Gasteiger charge is -2.08. The molecular formula is C15H14N4O6S. The molecule has 0 bridgehead atoms. The maximum absolute atomic E-state index is 12.3. The van der Waals surface area contributed by atoms with Crippen LogP contribution in [0.4, 0.5) is 10.5 Å². The minimum Gasteiger partial charge on any atom is -0.379 e. The van der Waals surface area contributed by atoms with E-state index in [0.717, 1.165) is 6.07 Å². The van der Waals surface area contributed by atoms with Gasteiger partial charge in [0.25, 0.3) is 5.69 Å². The van der Waals surface area contributed by atoms with Gasteiger partial charge in [-0.1, -0.05) is 6.07 Å².